The van der Waals surface area contributed by atoms with E-state index >= 15 is 0 Å². The van der Waals surface area contributed by atoms with E-state index in [2.05, 4.69) is 15.3 Å². The van der Waals surface area contributed by atoms with Crippen LogP contribution in [0.4, 0.5) is 5.69 Å². The smallest absolute Gasteiger partial charge is 0.354 e. The molecule has 0 bridgehead atoms. The van der Waals surface area contributed by atoms with Crippen LogP contribution in [-0.4, -0.2) is 27.0 Å². The Morgan fingerprint density at radius 3 is 2.58 bits per heavy atom. The van der Waals surface area contributed by atoms with Crippen molar-refractivity contribution in [2.24, 2.45) is 0 Å². The minimum Gasteiger partial charge on any atom is -0.477 e. The first kappa shape index (κ1) is 12.7. The molecule has 0 aliphatic carbocycles. The quantitative estimate of drug-likeness (QED) is 0.873. The van der Waals surface area contributed by atoms with Crippen molar-refractivity contribution >= 4 is 17.6 Å². The number of nitrogens with zero attached hydrogens (tertiary/aromatic N) is 2. The average Bonchev–Trinajstić information content (AvgIpc) is 2.39. The van der Waals surface area contributed by atoms with E-state index in [1.165, 1.54) is 18.3 Å². The van der Waals surface area contributed by atoms with Gasteiger partial charge in [-0.15, -0.1) is 0 Å². The van der Waals surface area contributed by atoms with Gasteiger partial charge in [0.25, 0.3) is 5.91 Å². The van der Waals surface area contributed by atoms with Gasteiger partial charge in [0.2, 0.25) is 0 Å². The van der Waals surface area contributed by atoms with E-state index in [9.17, 15) is 9.59 Å². The Balaban J connectivity index is 2.14. The first-order chi connectivity index (χ1) is 9.06. The summed E-state index contributed by atoms with van der Waals surface area (Å²) in [5.74, 6) is -1.48. The Labute approximate surface area is 109 Å². The number of carboxylic acids is 1. The van der Waals surface area contributed by atoms with Crippen LogP contribution in [0.3, 0.4) is 0 Å². The molecule has 0 aliphatic rings. The van der Waals surface area contributed by atoms with Crippen molar-refractivity contribution in [3.63, 3.8) is 0 Å². The van der Waals surface area contributed by atoms with E-state index in [-0.39, 0.29) is 11.6 Å². The molecule has 96 valence electrons. The summed E-state index contributed by atoms with van der Waals surface area (Å²) in [7, 11) is 0. The normalized spacial score (nSPS) is 9.95. The molecular weight excluding hydrogens is 246 g/mol. The number of rotatable bonds is 3. The molecule has 0 fully saturated rings. The van der Waals surface area contributed by atoms with Crippen molar-refractivity contribution in [3.05, 3.63) is 53.6 Å². The Morgan fingerprint density at radius 2 is 2.00 bits per heavy atom. The van der Waals surface area contributed by atoms with Crippen LogP contribution in [0.25, 0.3) is 0 Å². The lowest BCUT2D eigenvalue weighted by Gasteiger charge is -2.05. The molecule has 0 spiro atoms. The van der Waals surface area contributed by atoms with Crippen molar-refractivity contribution in [3.8, 4) is 0 Å². The molecule has 6 nitrogen and oxygen atoms in total. The highest BCUT2D eigenvalue weighted by atomic mass is 16.4. The van der Waals surface area contributed by atoms with Gasteiger partial charge in [-0.25, -0.2) is 9.78 Å². The van der Waals surface area contributed by atoms with Gasteiger partial charge in [0, 0.05) is 23.8 Å². The third-order valence-electron chi connectivity index (χ3n) is 2.40. The summed E-state index contributed by atoms with van der Waals surface area (Å²) < 4.78 is 0. The first-order valence-corrected chi connectivity index (χ1v) is 5.49. The Morgan fingerprint density at radius 1 is 1.21 bits per heavy atom. The van der Waals surface area contributed by atoms with Gasteiger partial charge in [-0.05, 0) is 31.2 Å². The number of hydrogen-bond donors (Lipinski definition) is 2. The van der Waals surface area contributed by atoms with Crippen LogP contribution in [-0.2, 0) is 0 Å². The van der Waals surface area contributed by atoms with Crippen LogP contribution in [0.2, 0.25) is 0 Å². The largest absolute Gasteiger partial charge is 0.477 e. The molecule has 0 aromatic carbocycles. The lowest BCUT2D eigenvalue weighted by atomic mass is 10.2. The molecule has 2 N–H and O–H groups in total. The van der Waals surface area contributed by atoms with Crippen LogP contribution in [0.15, 0.2) is 36.7 Å². The maximum Gasteiger partial charge on any atom is 0.354 e. The number of nitrogens with one attached hydrogen (secondary N) is 1. The molecule has 0 atom stereocenters. The number of hydrogen-bond acceptors (Lipinski definition) is 4. The highest BCUT2D eigenvalue weighted by Crippen LogP contribution is 2.09. The molecule has 19 heavy (non-hydrogen) atoms. The fourth-order valence-electron chi connectivity index (χ4n) is 1.48. The molecule has 0 radical (unpaired) electrons. The number of carboxylic acid groups (broad SMARTS) is 1. The van der Waals surface area contributed by atoms with Crippen molar-refractivity contribution < 1.29 is 14.7 Å². The molecule has 2 heterocycles. The molecule has 0 saturated heterocycles. The van der Waals surface area contributed by atoms with E-state index in [0.717, 1.165) is 5.69 Å². The van der Waals surface area contributed by atoms with Crippen LogP contribution in [0.5, 0.6) is 0 Å². The minimum atomic E-state index is -1.13. The zero-order chi connectivity index (χ0) is 13.8. The summed E-state index contributed by atoms with van der Waals surface area (Å²) in [4.78, 5) is 30.2. The number of pyridine rings is 2. The molecule has 2 aromatic heterocycles. The van der Waals surface area contributed by atoms with E-state index in [4.69, 9.17) is 5.11 Å². The molecule has 2 rings (SSSR count). The van der Waals surface area contributed by atoms with Crippen LogP contribution in [0, 0.1) is 6.92 Å². The van der Waals surface area contributed by atoms with E-state index < -0.39 is 5.97 Å². The van der Waals surface area contributed by atoms with Crippen LogP contribution >= 0.6 is 0 Å². The number of aromatic nitrogens is 2. The number of carbonyl (C=O) groups excluding carboxylic acids is 1. The van der Waals surface area contributed by atoms with E-state index in [0.29, 0.717) is 11.3 Å². The summed E-state index contributed by atoms with van der Waals surface area (Å²) in [6, 6.07) is 6.11. The summed E-state index contributed by atoms with van der Waals surface area (Å²) >= 11 is 0. The highest BCUT2D eigenvalue weighted by molar-refractivity contribution is 6.04. The summed E-state index contributed by atoms with van der Waals surface area (Å²) in [5, 5.41) is 11.4. The monoisotopic (exact) mass is 257 g/mol. The highest BCUT2D eigenvalue weighted by Gasteiger charge is 2.09. The zero-order valence-electron chi connectivity index (χ0n) is 10.1. The van der Waals surface area contributed by atoms with E-state index in [1.54, 1.807) is 18.3 Å². The van der Waals surface area contributed by atoms with Crippen molar-refractivity contribution in [2.75, 3.05) is 5.32 Å². The molecule has 0 aliphatic heterocycles. The van der Waals surface area contributed by atoms with Gasteiger partial charge in [-0.1, -0.05) is 0 Å². The minimum absolute atomic E-state index is 0.101. The third-order valence-corrected chi connectivity index (χ3v) is 2.40. The summed E-state index contributed by atoms with van der Waals surface area (Å²) in [5.41, 5.74) is 1.60. The maximum absolute atomic E-state index is 11.9. The standard InChI is InChI=1S/C13H11N3O3/c1-8-6-10(4-5-14-8)16-12(17)9-2-3-11(13(18)19)15-7-9/h2-7H,1H3,(H,18,19)(H,14,16,17). The second-order valence-electron chi connectivity index (χ2n) is 3.88. The van der Waals surface area contributed by atoms with Gasteiger partial charge in [0.1, 0.15) is 5.69 Å². The number of aromatic carboxylic acids is 1. The van der Waals surface area contributed by atoms with Gasteiger partial charge in [-0.2, -0.15) is 0 Å². The maximum atomic E-state index is 11.9. The molecule has 0 saturated carbocycles. The van der Waals surface area contributed by atoms with Gasteiger partial charge >= 0.3 is 5.97 Å². The van der Waals surface area contributed by atoms with Crippen molar-refractivity contribution in [2.45, 2.75) is 6.92 Å². The molecule has 6 heteroatoms. The van der Waals surface area contributed by atoms with E-state index in [1.807, 2.05) is 6.92 Å². The van der Waals surface area contributed by atoms with Crippen molar-refractivity contribution in [1.82, 2.24) is 9.97 Å². The third kappa shape index (κ3) is 3.12. The number of anilines is 1. The fraction of sp³-hybridized carbons (Fsp3) is 0.0769. The van der Waals surface area contributed by atoms with Gasteiger partial charge in [-0.3, -0.25) is 9.78 Å². The molecule has 0 unspecified atom stereocenters. The summed E-state index contributed by atoms with van der Waals surface area (Å²) in [6.07, 6.45) is 2.82. The predicted octanol–water partition coefficient (Wildman–Crippen LogP) is 1.74. The topological polar surface area (TPSA) is 92.2 Å². The SMILES string of the molecule is Cc1cc(NC(=O)c2ccc(C(=O)O)nc2)ccn1. The average molecular weight is 257 g/mol. The molecule has 1 amide bonds. The first-order valence-electron chi connectivity index (χ1n) is 5.49. The number of carbonyl (C=O) groups is 2. The lowest BCUT2D eigenvalue weighted by molar-refractivity contribution is 0.0690. The number of amides is 1. The molecule has 2 aromatic rings. The van der Waals surface area contributed by atoms with Crippen LogP contribution < -0.4 is 5.32 Å². The second kappa shape index (κ2) is 5.26. The van der Waals surface area contributed by atoms with Crippen LogP contribution in [0.1, 0.15) is 26.5 Å². The lowest BCUT2D eigenvalue weighted by Crippen LogP contribution is -2.13. The Hall–Kier alpha value is -2.76. The van der Waals surface area contributed by atoms with Crippen molar-refractivity contribution in [1.29, 1.82) is 0 Å². The van der Waals surface area contributed by atoms with Gasteiger partial charge < -0.3 is 10.4 Å². The number of aryl methyl sites for hydroxylation is 1. The second-order valence-corrected chi connectivity index (χ2v) is 3.88. The Kier molecular flexibility index (Phi) is 3.51. The Bertz CT molecular complexity index is 623. The van der Waals surface area contributed by atoms with Gasteiger partial charge in [0.15, 0.2) is 0 Å². The zero-order valence-corrected chi connectivity index (χ0v) is 10.1. The predicted molar refractivity (Wildman–Crippen MR) is 68.1 cm³/mol. The summed E-state index contributed by atoms with van der Waals surface area (Å²) in [6.45, 7) is 1.82. The fourth-order valence-corrected chi connectivity index (χ4v) is 1.48. The van der Waals surface area contributed by atoms with Gasteiger partial charge in [0.05, 0.1) is 5.56 Å². The molecular formula is C13H11N3O3.